The molecule has 0 radical (unpaired) electrons. The molecule has 0 bridgehead atoms. The van der Waals surface area contributed by atoms with Crippen LogP contribution < -0.4 is 10.9 Å². The van der Waals surface area contributed by atoms with Gasteiger partial charge in [0.1, 0.15) is 0 Å². The van der Waals surface area contributed by atoms with Gasteiger partial charge in [0.2, 0.25) is 0 Å². The number of aromatic amines is 1. The maximum absolute atomic E-state index is 12.6. The predicted octanol–water partition coefficient (Wildman–Crippen LogP) is 1.22. The van der Waals surface area contributed by atoms with Gasteiger partial charge >= 0.3 is 0 Å². The normalized spacial score (nSPS) is 17.5. The molecule has 0 spiro atoms. The average molecular weight is 410 g/mol. The van der Waals surface area contributed by atoms with E-state index in [9.17, 15) is 9.59 Å². The Morgan fingerprint density at radius 2 is 1.90 bits per heavy atom. The molecule has 0 atom stereocenters. The number of amides is 1. The second-order valence-corrected chi connectivity index (χ2v) is 8.44. The van der Waals surface area contributed by atoms with E-state index in [-0.39, 0.29) is 11.5 Å². The van der Waals surface area contributed by atoms with Gasteiger partial charge in [0.25, 0.3) is 11.5 Å². The molecule has 1 aliphatic carbocycles. The van der Waals surface area contributed by atoms with Crippen molar-refractivity contribution >= 4 is 5.91 Å². The first-order valence-corrected chi connectivity index (χ1v) is 11.0. The van der Waals surface area contributed by atoms with E-state index in [1.54, 1.807) is 0 Å². The number of piperazine rings is 1. The number of hydrogen-bond acceptors (Lipinski definition) is 5. The number of nitrogens with one attached hydrogen (secondary N) is 2. The molecule has 30 heavy (non-hydrogen) atoms. The van der Waals surface area contributed by atoms with Crippen molar-refractivity contribution in [3.8, 4) is 0 Å². The predicted molar refractivity (Wildman–Crippen MR) is 117 cm³/mol. The number of rotatable bonds is 6. The fourth-order valence-electron chi connectivity index (χ4n) is 4.39. The van der Waals surface area contributed by atoms with Crippen LogP contribution >= 0.6 is 0 Å². The second kappa shape index (κ2) is 9.53. The van der Waals surface area contributed by atoms with Crippen molar-refractivity contribution in [1.29, 1.82) is 0 Å². The Morgan fingerprint density at radius 1 is 1.13 bits per heavy atom. The largest absolute Gasteiger partial charge is 0.351 e. The lowest BCUT2D eigenvalue weighted by atomic mass is 9.90. The molecule has 1 fully saturated rings. The van der Waals surface area contributed by atoms with Crippen LogP contribution in [0.25, 0.3) is 0 Å². The molecular weight excluding hydrogens is 378 g/mol. The molecular formula is C23H31N5O2. The second-order valence-electron chi connectivity index (χ2n) is 8.44. The third kappa shape index (κ3) is 4.96. The lowest BCUT2D eigenvalue weighted by Crippen LogP contribution is -2.46. The summed E-state index contributed by atoms with van der Waals surface area (Å²) in [6, 6.07) is 7.73. The molecule has 2 aliphatic rings. The van der Waals surface area contributed by atoms with Crippen LogP contribution in [0.1, 0.15) is 45.6 Å². The zero-order chi connectivity index (χ0) is 20.9. The van der Waals surface area contributed by atoms with Crippen molar-refractivity contribution in [2.75, 3.05) is 46.3 Å². The molecule has 1 aromatic carbocycles. The highest BCUT2D eigenvalue weighted by molar-refractivity contribution is 5.94. The first-order valence-electron chi connectivity index (χ1n) is 11.0. The lowest BCUT2D eigenvalue weighted by molar-refractivity contribution is 0.0941. The van der Waals surface area contributed by atoms with Crippen LogP contribution in [-0.4, -0.2) is 72.2 Å². The monoisotopic (exact) mass is 409 g/mol. The third-order valence-electron chi connectivity index (χ3n) is 6.25. The van der Waals surface area contributed by atoms with Gasteiger partial charge in [0.15, 0.2) is 0 Å². The molecule has 1 aromatic heterocycles. The van der Waals surface area contributed by atoms with E-state index in [2.05, 4.69) is 32.4 Å². The van der Waals surface area contributed by atoms with Gasteiger partial charge in [-0.25, -0.2) is 5.10 Å². The summed E-state index contributed by atoms with van der Waals surface area (Å²) in [5, 5.41) is 10.0. The number of nitrogens with zero attached hydrogens (tertiary/aromatic N) is 3. The van der Waals surface area contributed by atoms with Gasteiger partial charge < -0.3 is 10.2 Å². The number of carbonyl (C=O) groups is 1. The molecule has 4 rings (SSSR count). The van der Waals surface area contributed by atoms with Gasteiger partial charge in [0, 0.05) is 56.8 Å². The molecule has 1 saturated heterocycles. The highest BCUT2D eigenvalue weighted by Gasteiger charge is 2.18. The van der Waals surface area contributed by atoms with Crippen LogP contribution in [0.15, 0.2) is 29.1 Å². The standard InChI is InChI=1S/C23H31N5O2/c1-27-11-13-28(14-12-27)10-9-24-22(29)18-6-4-5-17(15-18)16-21-19-7-2-3-8-20(19)23(30)26-25-21/h4-6,15H,2-3,7-14,16H2,1H3,(H,24,29)(H,26,30). The van der Waals surface area contributed by atoms with Crippen molar-refractivity contribution in [3.05, 3.63) is 62.6 Å². The van der Waals surface area contributed by atoms with E-state index in [0.29, 0.717) is 18.5 Å². The van der Waals surface area contributed by atoms with Crippen molar-refractivity contribution in [1.82, 2.24) is 25.3 Å². The maximum atomic E-state index is 12.6. The van der Waals surface area contributed by atoms with Crippen molar-refractivity contribution in [2.24, 2.45) is 0 Å². The summed E-state index contributed by atoms with van der Waals surface area (Å²) in [6.07, 6.45) is 4.52. The van der Waals surface area contributed by atoms with E-state index in [1.807, 2.05) is 24.3 Å². The van der Waals surface area contributed by atoms with Crippen LogP contribution in [0.3, 0.4) is 0 Å². The van der Waals surface area contributed by atoms with Gasteiger partial charge in [-0.1, -0.05) is 12.1 Å². The van der Waals surface area contributed by atoms with Gasteiger partial charge in [-0.15, -0.1) is 0 Å². The molecule has 160 valence electrons. The summed E-state index contributed by atoms with van der Waals surface area (Å²) >= 11 is 0. The van der Waals surface area contributed by atoms with Crippen molar-refractivity contribution in [3.63, 3.8) is 0 Å². The number of aromatic nitrogens is 2. The highest BCUT2D eigenvalue weighted by Crippen LogP contribution is 2.22. The molecule has 1 aliphatic heterocycles. The fourth-order valence-corrected chi connectivity index (χ4v) is 4.39. The zero-order valence-corrected chi connectivity index (χ0v) is 17.7. The van der Waals surface area contributed by atoms with Crippen molar-refractivity contribution in [2.45, 2.75) is 32.1 Å². The minimum absolute atomic E-state index is 0.0394. The molecule has 7 heteroatoms. The van der Waals surface area contributed by atoms with Crippen LogP contribution in [0, 0.1) is 0 Å². The summed E-state index contributed by atoms with van der Waals surface area (Å²) in [4.78, 5) is 29.4. The number of likely N-dealkylation sites (N-methyl/N-ethyl adjacent to an activating group) is 1. The average Bonchev–Trinajstić information content (AvgIpc) is 2.77. The summed E-state index contributed by atoms with van der Waals surface area (Å²) in [5.41, 5.74) is 4.58. The fraction of sp³-hybridized carbons (Fsp3) is 0.522. The number of hydrogen-bond donors (Lipinski definition) is 2. The van der Waals surface area contributed by atoms with Crippen LogP contribution in [0.2, 0.25) is 0 Å². The molecule has 1 amide bonds. The van der Waals surface area contributed by atoms with E-state index >= 15 is 0 Å². The Hall–Kier alpha value is -2.51. The Balaban J connectivity index is 1.37. The zero-order valence-electron chi connectivity index (χ0n) is 17.7. The van der Waals surface area contributed by atoms with E-state index < -0.39 is 0 Å². The van der Waals surface area contributed by atoms with Crippen LogP contribution in [0.5, 0.6) is 0 Å². The van der Waals surface area contributed by atoms with Gasteiger partial charge in [-0.2, -0.15) is 5.10 Å². The van der Waals surface area contributed by atoms with Crippen LogP contribution in [-0.2, 0) is 19.3 Å². The molecule has 2 aromatic rings. The van der Waals surface area contributed by atoms with E-state index in [1.165, 1.54) is 0 Å². The molecule has 0 saturated carbocycles. The first kappa shape index (κ1) is 20.8. The Bertz CT molecular complexity index is 947. The van der Waals surface area contributed by atoms with Gasteiger partial charge in [-0.05, 0) is 56.0 Å². The van der Waals surface area contributed by atoms with E-state index in [4.69, 9.17) is 0 Å². The first-order chi connectivity index (χ1) is 14.6. The number of carbonyl (C=O) groups excluding carboxylic acids is 1. The third-order valence-corrected chi connectivity index (χ3v) is 6.25. The number of H-pyrrole nitrogens is 1. The minimum Gasteiger partial charge on any atom is -0.351 e. The number of fused-ring (bicyclic) bond motifs is 1. The topological polar surface area (TPSA) is 81.3 Å². The minimum atomic E-state index is -0.0538. The summed E-state index contributed by atoms with van der Waals surface area (Å²) in [7, 11) is 2.14. The van der Waals surface area contributed by atoms with Gasteiger partial charge in [0.05, 0.1) is 5.69 Å². The Labute approximate surface area is 177 Å². The van der Waals surface area contributed by atoms with Crippen molar-refractivity contribution < 1.29 is 4.79 Å². The highest BCUT2D eigenvalue weighted by atomic mass is 16.1. The molecule has 2 heterocycles. The Kier molecular flexibility index (Phi) is 6.59. The van der Waals surface area contributed by atoms with Gasteiger partial charge in [-0.3, -0.25) is 14.5 Å². The maximum Gasteiger partial charge on any atom is 0.267 e. The summed E-state index contributed by atoms with van der Waals surface area (Å²) < 4.78 is 0. The number of benzene rings is 1. The quantitative estimate of drug-likeness (QED) is 0.750. The van der Waals surface area contributed by atoms with E-state index in [0.717, 1.165) is 80.8 Å². The molecule has 2 N–H and O–H groups in total. The molecule has 7 nitrogen and oxygen atoms in total. The van der Waals surface area contributed by atoms with Crippen LogP contribution in [0.4, 0.5) is 0 Å². The SMILES string of the molecule is CN1CCN(CCNC(=O)c2cccc(Cc3n[nH]c(=O)c4c3CCCC4)c2)CC1. The molecule has 0 unspecified atom stereocenters. The smallest absolute Gasteiger partial charge is 0.267 e. The Morgan fingerprint density at radius 3 is 2.70 bits per heavy atom. The lowest BCUT2D eigenvalue weighted by Gasteiger charge is -2.32. The summed E-state index contributed by atoms with van der Waals surface area (Å²) in [6.45, 7) is 5.81. The summed E-state index contributed by atoms with van der Waals surface area (Å²) in [5.74, 6) is -0.0394.